The SMILES string of the molecule is [C-]#[N+]c1c2ccccc2c(C#N)c2ccc(C=Cc3ccc(N(CC)CC)cc3)cc12. The molecule has 0 aliphatic heterocycles. The third-order valence-electron chi connectivity index (χ3n) is 5.73. The molecule has 150 valence electrons. The Labute approximate surface area is 183 Å². The molecule has 0 unspecified atom stereocenters. The van der Waals surface area contributed by atoms with Gasteiger partial charge in [-0.05, 0) is 58.7 Å². The van der Waals surface area contributed by atoms with Gasteiger partial charge in [-0.1, -0.05) is 66.7 Å². The van der Waals surface area contributed by atoms with E-state index in [2.05, 4.69) is 66.1 Å². The van der Waals surface area contributed by atoms with Crippen molar-refractivity contribution in [2.24, 2.45) is 0 Å². The molecular formula is C28H23N3. The van der Waals surface area contributed by atoms with Crippen molar-refractivity contribution in [3.8, 4) is 6.07 Å². The third kappa shape index (κ3) is 3.75. The van der Waals surface area contributed by atoms with E-state index in [-0.39, 0.29) is 0 Å². The summed E-state index contributed by atoms with van der Waals surface area (Å²) in [5.41, 5.74) is 4.58. The molecule has 0 aromatic heterocycles. The van der Waals surface area contributed by atoms with Crippen LogP contribution in [0.3, 0.4) is 0 Å². The lowest BCUT2D eigenvalue weighted by molar-refractivity contribution is 0.866. The van der Waals surface area contributed by atoms with E-state index in [1.165, 1.54) is 5.69 Å². The number of fused-ring (bicyclic) bond motifs is 2. The highest BCUT2D eigenvalue weighted by atomic mass is 15.1. The maximum atomic E-state index is 9.77. The number of hydrogen-bond donors (Lipinski definition) is 0. The molecule has 4 rings (SSSR count). The first-order valence-electron chi connectivity index (χ1n) is 10.5. The minimum Gasteiger partial charge on any atom is -0.372 e. The van der Waals surface area contributed by atoms with Gasteiger partial charge in [0.1, 0.15) is 6.07 Å². The lowest BCUT2D eigenvalue weighted by atomic mass is 9.94. The van der Waals surface area contributed by atoms with Crippen LogP contribution in [0, 0.1) is 17.9 Å². The second kappa shape index (κ2) is 8.74. The quantitative estimate of drug-likeness (QED) is 0.198. The number of nitriles is 1. The minimum atomic E-state index is 0.600. The van der Waals surface area contributed by atoms with Crippen molar-refractivity contribution in [1.82, 2.24) is 0 Å². The predicted octanol–water partition coefficient (Wildman–Crippen LogP) is 7.43. The maximum Gasteiger partial charge on any atom is 0.202 e. The lowest BCUT2D eigenvalue weighted by Gasteiger charge is -2.20. The molecule has 0 saturated heterocycles. The first-order chi connectivity index (χ1) is 15.2. The monoisotopic (exact) mass is 401 g/mol. The van der Waals surface area contributed by atoms with Crippen molar-refractivity contribution in [2.75, 3.05) is 18.0 Å². The van der Waals surface area contributed by atoms with Crippen LogP contribution in [0.4, 0.5) is 11.4 Å². The van der Waals surface area contributed by atoms with Crippen molar-refractivity contribution < 1.29 is 0 Å². The molecule has 0 bridgehead atoms. The molecule has 0 spiro atoms. The number of benzene rings is 4. The number of nitrogens with zero attached hydrogens (tertiary/aromatic N) is 3. The van der Waals surface area contributed by atoms with Crippen LogP contribution in [-0.2, 0) is 0 Å². The highest BCUT2D eigenvalue weighted by Crippen LogP contribution is 2.38. The number of hydrogen-bond acceptors (Lipinski definition) is 2. The standard InChI is InChI=1S/C28H23N3/c1-4-31(5-2)22-15-12-20(13-16-22)10-11-21-14-17-24-26(18-21)28(30-3)25-9-7-6-8-23(25)27(24)19-29/h6-18H,4-5H2,1-2H3. The van der Waals surface area contributed by atoms with Crippen LogP contribution in [0.5, 0.6) is 0 Å². The Morgan fingerprint density at radius 1 is 0.839 bits per heavy atom. The number of anilines is 1. The van der Waals surface area contributed by atoms with E-state index in [1.54, 1.807) is 0 Å². The van der Waals surface area contributed by atoms with E-state index in [4.69, 9.17) is 6.57 Å². The summed E-state index contributed by atoms with van der Waals surface area (Å²) in [7, 11) is 0. The fourth-order valence-electron chi connectivity index (χ4n) is 4.10. The summed E-state index contributed by atoms with van der Waals surface area (Å²) in [6.07, 6.45) is 4.14. The molecule has 0 amide bonds. The highest BCUT2D eigenvalue weighted by molar-refractivity contribution is 6.15. The van der Waals surface area contributed by atoms with Crippen LogP contribution in [0.25, 0.3) is 38.5 Å². The van der Waals surface area contributed by atoms with Gasteiger partial charge < -0.3 is 4.90 Å². The molecule has 3 heteroatoms. The zero-order valence-corrected chi connectivity index (χ0v) is 17.8. The van der Waals surface area contributed by atoms with Gasteiger partial charge in [-0.25, -0.2) is 4.85 Å². The van der Waals surface area contributed by atoms with E-state index in [0.29, 0.717) is 11.3 Å². The van der Waals surface area contributed by atoms with Crippen molar-refractivity contribution in [3.63, 3.8) is 0 Å². The summed E-state index contributed by atoms with van der Waals surface area (Å²) < 4.78 is 0. The largest absolute Gasteiger partial charge is 0.372 e. The minimum absolute atomic E-state index is 0.600. The van der Waals surface area contributed by atoms with Gasteiger partial charge >= 0.3 is 0 Å². The zero-order valence-electron chi connectivity index (χ0n) is 17.8. The Bertz CT molecular complexity index is 1360. The van der Waals surface area contributed by atoms with Crippen molar-refractivity contribution in [3.05, 3.63) is 94.8 Å². The molecule has 31 heavy (non-hydrogen) atoms. The first-order valence-corrected chi connectivity index (χ1v) is 10.5. The number of rotatable bonds is 5. The van der Waals surface area contributed by atoms with Crippen LogP contribution >= 0.6 is 0 Å². The molecule has 0 fully saturated rings. The fourth-order valence-corrected chi connectivity index (χ4v) is 4.10. The Hall–Kier alpha value is -4.08. The van der Waals surface area contributed by atoms with Crippen LogP contribution in [0.15, 0.2) is 66.7 Å². The van der Waals surface area contributed by atoms with E-state index >= 15 is 0 Å². The summed E-state index contributed by atoms with van der Waals surface area (Å²) >= 11 is 0. The molecule has 0 N–H and O–H groups in total. The Balaban J connectivity index is 1.75. The molecule has 0 aliphatic rings. The summed E-state index contributed by atoms with van der Waals surface area (Å²) in [6, 6.07) is 24.5. The Morgan fingerprint density at radius 2 is 1.45 bits per heavy atom. The third-order valence-corrected chi connectivity index (χ3v) is 5.73. The van der Waals surface area contributed by atoms with Crippen molar-refractivity contribution in [2.45, 2.75) is 13.8 Å². The first kappa shape index (κ1) is 20.2. The summed E-state index contributed by atoms with van der Waals surface area (Å²) in [5, 5.41) is 13.1. The summed E-state index contributed by atoms with van der Waals surface area (Å²) in [4.78, 5) is 6.14. The van der Waals surface area contributed by atoms with Gasteiger partial charge in [0.15, 0.2) is 0 Å². The van der Waals surface area contributed by atoms with Gasteiger partial charge in [0.2, 0.25) is 5.69 Å². The molecule has 4 aromatic carbocycles. The molecule has 0 heterocycles. The Kier molecular flexibility index (Phi) is 5.69. The zero-order chi connectivity index (χ0) is 21.8. The van der Waals surface area contributed by atoms with Crippen LogP contribution < -0.4 is 4.90 Å². The van der Waals surface area contributed by atoms with E-state index in [9.17, 15) is 5.26 Å². The van der Waals surface area contributed by atoms with Gasteiger partial charge in [-0.15, -0.1) is 0 Å². The van der Waals surface area contributed by atoms with E-state index in [1.807, 2.05) is 42.5 Å². The van der Waals surface area contributed by atoms with Gasteiger partial charge in [0.05, 0.1) is 12.1 Å². The van der Waals surface area contributed by atoms with Gasteiger partial charge in [-0.3, -0.25) is 0 Å². The molecule has 0 atom stereocenters. The lowest BCUT2D eigenvalue weighted by Crippen LogP contribution is -2.21. The van der Waals surface area contributed by atoms with Gasteiger partial charge in [-0.2, -0.15) is 5.26 Å². The Morgan fingerprint density at radius 3 is 2.10 bits per heavy atom. The van der Waals surface area contributed by atoms with Crippen molar-refractivity contribution in [1.29, 1.82) is 5.26 Å². The maximum absolute atomic E-state index is 9.77. The van der Waals surface area contributed by atoms with Gasteiger partial charge in [0, 0.05) is 18.8 Å². The predicted molar refractivity (Wildman–Crippen MR) is 131 cm³/mol. The summed E-state index contributed by atoms with van der Waals surface area (Å²) in [5.74, 6) is 0. The topological polar surface area (TPSA) is 31.4 Å². The molecule has 0 radical (unpaired) electrons. The smallest absolute Gasteiger partial charge is 0.202 e. The van der Waals surface area contributed by atoms with E-state index in [0.717, 1.165) is 45.8 Å². The second-order valence-electron chi connectivity index (χ2n) is 7.39. The van der Waals surface area contributed by atoms with Crippen LogP contribution in [-0.4, -0.2) is 13.1 Å². The molecule has 3 nitrogen and oxygen atoms in total. The second-order valence-corrected chi connectivity index (χ2v) is 7.39. The molecular weight excluding hydrogens is 378 g/mol. The fraction of sp³-hybridized carbons (Fsp3) is 0.143. The molecule has 0 saturated carbocycles. The normalized spacial score (nSPS) is 11.0. The molecule has 4 aromatic rings. The van der Waals surface area contributed by atoms with Crippen LogP contribution in [0.2, 0.25) is 0 Å². The van der Waals surface area contributed by atoms with Crippen molar-refractivity contribution >= 4 is 45.1 Å². The average Bonchev–Trinajstić information content (AvgIpc) is 2.82. The highest BCUT2D eigenvalue weighted by Gasteiger charge is 2.13. The van der Waals surface area contributed by atoms with E-state index < -0.39 is 0 Å². The van der Waals surface area contributed by atoms with Gasteiger partial charge in [0.25, 0.3) is 0 Å². The van der Waals surface area contributed by atoms with Crippen LogP contribution in [0.1, 0.15) is 30.5 Å². The summed E-state index contributed by atoms with van der Waals surface area (Å²) in [6.45, 7) is 14.1. The average molecular weight is 402 g/mol. The molecule has 0 aliphatic carbocycles.